The first-order valence-corrected chi connectivity index (χ1v) is 4.92. The minimum absolute atomic E-state index is 0.340. The first-order chi connectivity index (χ1) is 7.76. The zero-order chi connectivity index (χ0) is 11.5. The summed E-state index contributed by atoms with van der Waals surface area (Å²) < 4.78 is 4.91. The van der Waals surface area contributed by atoms with E-state index >= 15 is 0 Å². The van der Waals surface area contributed by atoms with Crippen LogP contribution in [-0.4, -0.2) is 29.9 Å². The van der Waals surface area contributed by atoms with Crippen molar-refractivity contribution in [3.8, 4) is 6.19 Å². The van der Waals surface area contributed by atoms with Crippen LogP contribution in [-0.2, 0) is 9.53 Å². The lowest BCUT2D eigenvalue weighted by Gasteiger charge is -2.19. The molecule has 1 unspecified atom stereocenters. The molecule has 6 nitrogen and oxygen atoms in total. The van der Waals surface area contributed by atoms with Crippen LogP contribution in [0.15, 0.2) is 29.3 Å². The van der Waals surface area contributed by atoms with E-state index in [1.54, 1.807) is 19.3 Å². The van der Waals surface area contributed by atoms with Crippen LogP contribution in [0.1, 0.15) is 6.92 Å². The van der Waals surface area contributed by atoms with Crippen molar-refractivity contribution in [2.75, 3.05) is 13.2 Å². The van der Waals surface area contributed by atoms with Gasteiger partial charge in [0.2, 0.25) is 11.5 Å². The summed E-state index contributed by atoms with van der Waals surface area (Å²) in [4.78, 5) is 17.9. The Hall–Kier alpha value is -2.13. The Morgan fingerprint density at radius 3 is 3.31 bits per heavy atom. The average Bonchev–Trinajstić information content (AvgIpc) is 2.71. The van der Waals surface area contributed by atoms with Gasteiger partial charge in [0.05, 0.1) is 12.8 Å². The molecule has 1 atom stereocenters. The number of ether oxygens (including phenoxy) is 1. The normalized spacial score (nSPS) is 22.0. The van der Waals surface area contributed by atoms with E-state index in [-0.39, 0.29) is 5.97 Å². The number of carbonyl (C=O) groups is 1. The summed E-state index contributed by atoms with van der Waals surface area (Å²) in [5.41, 5.74) is 0.464. The van der Waals surface area contributed by atoms with Crippen LogP contribution in [0.3, 0.4) is 0 Å². The maximum Gasteiger partial charge on any atom is 0.395 e. The SMILES string of the molecule is CCOC(=O)C1=CN=C2CN(C#N)C=C[NH+]12. The van der Waals surface area contributed by atoms with Crippen molar-refractivity contribution in [3.63, 3.8) is 0 Å². The highest BCUT2D eigenvalue weighted by molar-refractivity contribution is 5.92. The molecule has 2 rings (SSSR count). The summed E-state index contributed by atoms with van der Waals surface area (Å²) in [5, 5.41) is 8.72. The van der Waals surface area contributed by atoms with Gasteiger partial charge in [-0.25, -0.2) is 9.69 Å². The zero-order valence-corrected chi connectivity index (χ0v) is 8.80. The second-order valence-corrected chi connectivity index (χ2v) is 3.30. The molecule has 0 spiro atoms. The highest BCUT2D eigenvalue weighted by atomic mass is 16.5. The van der Waals surface area contributed by atoms with Crippen molar-refractivity contribution in [2.24, 2.45) is 4.99 Å². The monoisotopic (exact) mass is 219 g/mol. The van der Waals surface area contributed by atoms with Gasteiger partial charge < -0.3 is 4.74 Å². The van der Waals surface area contributed by atoms with Crippen molar-refractivity contribution >= 4 is 11.8 Å². The standard InChI is InChI=1S/C10H10N4O2/c1-2-16-10(15)8-5-12-9-6-13(7-11)3-4-14(8)9/h3-5H,2,6H2,1H3/p+1. The van der Waals surface area contributed by atoms with Gasteiger partial charge in [-0.05, 0) is 6.92 Å². The molecule has 0 aromatic carbocycles. The summed E-state index contributed by atoms with van der Waals surface area (Å²) >= 11 is 0. The first-order valence-electron chi connectivity index (χ1n) is 4.92. The molecule has 0 amide bonds. The van der Waals surface area contributed by atoms with Gasteiger partial charge in [0.15, 0.2) is 6.19 Å². The minimum Gasteiger partial charge on any atom is -0.458 e. The number of nitrogens with one attached hydrogen (secondary N) is 1. The summed E-state index contributed by atoms with van der Waals surface area (Å²) in [6.07, 6.45) is 6.83. The van der Waals surface area contributed by atoms with E-state index in [2.05, 4.69) is 4.99 Å². The average molecular weight is 219 g/mol. The molecule has 0 aliphatic carbocycles. The number of hydrogen-bond donors (Lipinski definition) is 1. The van der Waals surface area contributed by atoms with Crippen LogP contribution in [0, 0.1) is 11.5 Å². The molecule has 6 heteroatoms. The van der Waals surface area contributed by atoms with E-state index in [0.717, 1.165) is 10.7 Å². The Balaban J connectivity index is 2.14. The summed E-state index contributed by atoms with van der Waals surface area (Å²) in [6.45, 7) is 2.50. The maximum atomic E-state index is 11.6. The minimum atomic E-state index is -0.369. The molecule has 2 aliphatic heterocycles. The Labute approximate surface area is 92.7 Å². The third-order valence-corrected chi connectivity index (χ3v) is 2.32. The molecule has 1 N–H and O–H groups in total. The fourth-order valence-corrected chi connectivity index (χ4v) is 1.57. The Kier molecular flexibility index (Phi) is 2.70. The van der Waals surface area contributed by atoms with Crippen molar-refractivity contribution < 1.29 is 14.4 Å². The van der Waals surface area contributed by atoms with Crippen molar-refractivity contribution in [3.05, 3.63) is 24.3 Å². The lowest BCUT2D eigenvalue weighted by molar-refractivity contribution is -0.696. The number of carbonyl (C=O) groups excluding carboxylic acids is 1. The number of aliphatic imine (C=N–C) groups is 1. The van der Waals surface area contributed by atoms with Gasteiger partial charge in [0, 0.05) is 0 Å². The summed E-state index contributed by atoms with van der Waals surface area (Å²) in [5.74, 6) is 0.360. The van der Waals surface area contributed by atoms with Gasteiger partial charge in [0.1, 0.15) is 18.9 Å². The fraction of sp³-hybridized carbons (Fsp3) is 0.300. The number of hydrogen-bond acceptors (Lipinski definition) is 5. The highest BCUT2D eigenvalue weighted by Gasteiger charge is 2.35. The summed E-state index contributed by atoms with van der Waals surface area (Å²) in [6, 6.07) is 0. The van der Waals surface area contributed by atoms with Gasteiger partial charge >= 0.3 is 5.97 Å². The largest absolute Gasteiger partial charge is 0.458 e. The first kappa shape index (κ1) is 10.4. The van der Waals surface area contributed by atoms with Gasteiger partial charge in [0.25, 0.3) is 0 Å². The molecule has 0 aromatic heterocycles. The van der Waals surface area contributed by atoms with E-state index in [9.17, 15) is 4.79 Å². The molecule has 16 heavy (non-hydrogen) atoms. The topological polar surface area (TPSA) is 70.1 Å². The van der Waals surface area contributed by atoms with E-state index < -0.39 is 0 Å². The molecular weight excluding hydrogens is 208 g/mol. The number of fused-ring (bicyclic) bond motifs is 1. The predicted octanol–water partition coefficient (Wildman–Crippen LogP) is -1.04. The van der Waals surface area contributed by atoms with E-state index in [1.165, 1.54) is 11.1 Å². The number of quaternary nitrogens is 1. The van der Waals surface area contributed by atoms with Crippen LogP contribution in [0.2, 0.25) is 0 Å². The van der Waals surface area contributed by atoms with Crippen molar-refractivity contribution in [1.82, 2.24) is 4.90 Å². The highest BCUT2D eigenvalue weighted by Crippen LogP contribution is 2.02. The lowest BCUT2D eigenvalue weighted by atomic mass is 10.3. The molecule has 0 aromatic rings. The van der Waals surface area contributed by atoms with Crippen LogP contribution < -0.4 is 4.90 Å². The third-order valence-electron chi connectivity index (χ3n) is 2.32. The second kappa shape index (κ2) is 4.16. The van der Waals surface area contributed by atoms with Crippen LogP contribution in [0.25, 0.3) is 0 Å². The molecular formula is C10H11N4O2+. The van der Waals surface area contributed by atoms with Crippen molar-refractivity contribution in [2.45, 2.75) is 6.92 Å². The third kappa shape index (κ3) is 1.68. The number of nitriles is 1. The summed E-state index contributed by atoms with van der Waals surface area (Å²) in [7, 11) is 0. The second-order valence-electron chi connectivity index (χ2n) is 3.30. The van der Waals surface area contributed by atoms with Gasteiger partial charge in [-0.1, -0.05) is 0 Å². The quantitative estimate of drug-likeness (QED) is 0.475. The van der Waals surface area contributed by atoms with E-state index in [0.29, 0.717) is 18.8 Å². The zero-order valence-electron chi connectivity index (χ0n) is 8.80. The predicted molar refractivity (Wildman–Crippen MR) is 54.6 cm³/mol. The molecule has 82 valence electrons. The number of esters is 1. The van der Waals surface area contributed by atoms with Crippen molar-refractivity contribution in [1.29, 1.82) is 5.26 Å². The van der Waals surface area contributed by atoms with Crippen LogP contribution in [0.5, 0.6) is 0 Å². The number of nitrogens with zero attached hydrogens (tertiary/aromatic N) is 3. The Morgan fingerprint density at radius 2 is 2.62 bits per heavy atom. The molecule has 0 fully saturated rings. The van der Waals surface area contributed by atoms with Crippen LogP contribution in [0.4, 0.5) is 0 Å². The smallest absolute Gasteiger partial charge is 0.395 e. The molecule has 2 aliphatic rings. The lowest BCUT2D eigenvalue weighted by Crippen LogP contribution is -3.10. The van der Waals surface area contributed by atoms with Gasteiger partial charge in [-0.15, -0.1) is 0 Å². The van der Waals surface area contributed by atoms with E-state index in [1.807, 2.05) is 6.19 Å². The van der Waals surface area contributed by atoms with Gasteiger partial charge in [-0.3, -0.25) is 4.90 Å². The van der Waals surface area contributed by atoms with E-state index in [4.69, 9.17) is 10.00 Å². The molecule has 0 saturated carbocycles. The Morgan fingerprint density at radius 1 is 1.81 bits per heavy atom. The number of amidine groups is 1. The number of rotatable bonds is 2. The van der Waals surface area contributed by atoms with Crippen LogP contribution >= 0.6 is 0 Å². The molecule has 0 bridgehead atoms. The molecule has 0 radical (unpaired) electrons. The molecule has 0 saturated heterocycles. The molecule has 2 heterocycles. The van der Waals surface area contributed by atoms with Gasteiger partial charge in [-0.2, -0.15) is 10.3 Å². The fourth-order valence-electron chi connectivity index (χ4n) is 1.57. The Bertz CT molecular complexity index is 444. The maximum absolute atomic E-state index is 11.6.